The predicted molar refractivity (Wildman–Crippen MR) is 90.2 cm³/mol. The first-order chi connectivity index (χ1) is 11.0. The van der Waals surface area contributed by atoms with E-state index in [1.54, 1.807) is 6.07 Å². The molecule has 0 fully saturated rings. The van der Waals surface area contributed by atoms with Crippen LogP contribution in [0.15, 0.2) is 36.7 Å². The molecule has 0 bridgehead atoms. The predicted octanol–water partition coefficient (Wildman–Crippen LogP) is 3.57. The summed E-state index contributed by atoms with van der Waals surface area (Å²) in [4.78, 5) is 18.8. The van der Waals surface area contributed by atoms with Crippen molar-refractivity contribution in [1.29, 1.82) is 0 Å². The first kappa shape index (κ1) is 15.5. The molecular formula is C14H9ClFN4O2P. The fraction of sp³-hybridized carbons (Fsp3) is 0. The van der Waals surface area contributed by atoms with Gasteiger partial charge in [0.25, 0.3) is 5.69 Å². The Morgan fingerprint density at radius 2 is 2.04 bits per heavy atom. The van der Waals surface area contributed by atoms with Crippen LogP contribution in [0.25, 0.3) is 10.9 Å². The number of halogens is 2. The molecule has 0 radical (unpaired) electrons. The lowest BCUT2D eigenvalue weighted by molar-refractivity contribution is -0.383. The van der Waals surface area contributed by atoms with Crippen molar-refractivity contribution in [1.82, 2.24) is 9.97 Å². The van der Waals surface area contributed by atoms with Crippen molar-refractivity contribution < 1.29 is 9.31 Å². The zero-order valence-corrected chi connectivity index (χ0v) is 13.4. The van der Waals surface area contributed by atoms with Crippen LogP contribution in [0.2, 0.25) is 5.02 Å². The summed E-state index contributed by atoms with van der Waals surface area (Å²) in [6.07, 6.45) is 1.34. The molecule has 0 saturated heterocycles. The van der Waals surface area contributed by atoms with Gasteiger partial charge in [-0.3, -0.25) is 10.1 Å². The zero-order valence-electron chi connectivity index (χ0n) is 11.5. The monoisotopic (exact) mass is 350 g/mol. The number of fused-ring (bicyclic) bond motifs is 1. The number of nitrogens with one attached hydrogen (secondary N) is 1. The van der Waals surface area contributed by atoms with E-state index in [2.05, 4.69) is 24.5 Å². The molecule has 3 rings (SSSR count). The second-order valence-corrected chi connectivity index (χ2v) is 5.69. The molecule has 116 valence electrons. The largest absolute Gasteiger partial charge is 0.340 e. The van der Waals surface area contributed by atoms with Gasteiger partial charge in [0.15, 0.2) is 0 Å². The molecular weight excluding hydrogens is 342 g/mol. The molecule has 2 aromatic carbocycles. The normalized spacial score (nSPS) is 10.7. The van der Waals surface area contributed by atoms with E-state index in [-0.39, 0.29) is 10.7 Å². The number of anilines is 2. The Bertz CT molecular complexity index is 938. The van der Waals surface area contributed by atoms with Crippen LogP contribution in [-0.2, 0) is 0 Å². The van der Waals surface area contributed by atoms with Crippen LogP contribution >= 0.6 is 20.8 Å². The molecule has 1 N–H and O–H groups in total. The summed E-state index contributed by atoms with van der Waals surface area (Å²) < 4.78 is 13.2. The fourth-order valence-electron chi connectivity index (χ4n) is 2.08. The van der Waals surface area contributed by atoms with Gasteiger partial charge < -0.3 is 5.32 Å². The van der Waals surface area contributed by atoms with Crippen molar-refractivity contribution in [2.45, 2.75) is 0 Å². The summed E-state index contributed by atoms with van der Waals surface area (Å²) in [6.45, 7) is 0. The molecule has 0 amide bonds. The number of nitro benzene ring substituents is 1. The lowest BCUT2D eigenvalue weighted by atomic mass is 10.2. The minimum atomic E-state index is -0.534. The maximum Gasteiger partial charge on any atom is 0.277 e. The van der Waals surface area contributed by atoms with Gasteiger partial charge in [0, 0.05) is 22.4 Å². The molecule has 0 spiro atoms. The topological polar surface area (TPSA) is 81.0 Å². The highest BCUT2D eigenvalue weighted by molar-refractivity contribution is 7.28. The van der Waals surface area contributed by atoms with Crippen LogP contribution < -0.4 is 10.6 Å². The quantitative estimate of drug-likeness (QED) is 0.443. The Balaban J connectivity index is 2.11. The van der Waals surface area contributed by atoms with Crippen LogP contribution in [-0.4, -0.2) is 14.9 Å². The minimum Gasteiger partial charge on any atom is -0.340 e. The van der Waals surface area contributed by atoms with Gasteiger partial charge in [0.2, 0.25) is 0 Å². The van der Waals surface area contributed by atoms with E-state index in [1.165, 1.54) is 30.6 Å². The highest BCUT2D eigenvalue weighted by Gasteiger charge is 2.15. The summed E-state index contributed by atoms with van der Waals surface area (Å²) >= 11 is 5.75. The van der Waals surface area contributed by atoms with E-state index >= 15 is 0 Å². The number of hydrogen-bond donors (Lipinski definition) is 1. The standard InChI is InChI=1S/C14H9ClFN4O2P/c15-9-3-7(1-2-10(9)16)19-14-8-4-12(20(21)22)13(23)5-11(8)17-6-18-14/h1-6H,23H2,(H,17,18,19). The van der Waals surface area contributed by atoms with E-state index in [0.29, 0.717) is 27.7 Å². The van der Waals surface area contributed by atoms with Gasteiger partial charge in [-0.25, -0.2) is 14.4 Å². The molecule has 1 aromatic heterocycles. The highest BCUT2D eigenvalue weighted by Crippen LogP contribution is 2.28. The molecule has 3 aromatic rings. The summed E-state index contributed by atoms with van der Waals surface area (Å²) in [5, 5.41) is 14.9. The molecule has 1 atom stereocenters. The first-order valence-electron chi connectivity index (χ1n) is 6.36. The van der Waals surface area contributed by atoms with Gasteiger partial charge >= 0.3 is 0 Å². The Hall–Kier alpha value is -2.37. The van der Waals surface area contributed by atoms with Crippen molar-refractivity contribution in [3.05, 3.63) is 57.6 Å². The summed E-state index contributed by atoms with van der Waals surface area (Å²) in [6, 6.07) is 7.10. The lowest BCUT2D eigenvalue weighted by Crippen LogP contribution is -2.04. The fourth-order valence-corrected chi connectivity index (χ4v) is 2.60. The van der Waals surface area contributed by atoms with E-state index in [1.807, 2.05) is 0 Å². The molecule has 1 heterocycles. The van der Waals surface area contributed by atoms with Gasteiger partial charge in [-0.15, -0.1) is 0 Å². The van der Waals surface area contributed by atoms with E-state index in [4.69, 9.17) is 11.6 Å². The van der Waals surface area contributed by atoms with E-state index in [9.17, 15) is 14.5 Å². The SMILES string of the molecule is O=[N+]([O-])c1cc2c(Nc3ccc(F)c(Cl)c3)ncnc2cc1P. The van der Waals surface area contributed by atoms with Crippen molar-refractivity contribution in [3.8, 4) is 0 Å². The van der Waals surface area contributed by atoms with Crippen LogP contribution in [0.1, 0.15) is 0 Å². The average molecular weight is 351 g/mol. The zero-order chi connectivity index (χ0) is 16.6. The Kier molecular flexibility index (Phi) is 4.07. The van der Waals surface area contributed by atoms with Gasteiger partial charge in [-0.05, 0) is 24.3 Å². The van der Waals surface area contributed by atoms with Crippen molar-refractivity contribution in [3.63, 3.8) is 0 Å². The van der Waals surface area contributed by atoms with Crippen LogP contribution in [0.3, 0.4) is 0 Å². The van der Waals surface area contributed by atoms with Crippen LogP contribution in [0.4, 0.5) is 21.6 Å². The summed E-state index contributed by atoms with van der Waals surface area (Å²) in [5.74, 6) is -0.168. The first-order valence-corrected chi connectivity index (χ1v) is 7.32. The number of rotatable bonds is 3. The van der Waals surface area contributed by atoms with Crippen LogP contribution in [0, 0.1) is 15.9 Å². The number of nitro groups is 1. The molecule has 23 heavy (non-hydrogen) atoms. The molecule has 1 unspecified atom stereocenters. The number of benzene rings is 2. The van der Waals surface area contributed by atoms with Crippen molar-refractivity contribution in [2.24, 2.45) is 0 Å². The molecule has 0 aliphatic carbocycles. The van der Waals surface area contributed by atoms with Crippen molar-refractivity contribution in [2.75, 3.05) is 5.32 Å². The smallest absolute Gasteiger partial charge is 0.277 e. The lowest BCUT2D eigenvalue weighted by Gasteiger charge is -2.09. The highest BCUT2D eigenvalue weighted by atomic mass is 35.5. The maximum absolute atomic E-state index is 13.2. The molecule has 0 saturated carbocycles. The van der Waals surface area contributed by atoms with Gasteiger partial charge in [0.05, 0.1) is 15.5 Å². The maximum atomic E-state index is 13.2. The van der Waals surface area contributed by atoms with Gasteiger partial charge in [-0.1, -0.05) is 20.8 Å². The minimum absolute atomic E-state index is 0.0356. The molecule has 0 aliphatic heterocycles. The van der Waals surface area contributed by atoms with Gasteiger partial charge in [0.1, 0.15) is 18.0 Å². The molecule has 9 heteroatoms. The van der Waals surface area contributed by atoms with Crippen LogP contribution in [0.5, 0.6) is 0 Å². The third kappa shape index (κ3) is 3.06. The Labute approximate surface area is 137 Å². The van der Waals surface area contributed by atoms with Crippen molar-refractivity contribution >= 4 is 54.2 Å². The molecule has 6 nitrogen and oxygen atoms in total. The Morgan fingerprint density at radius 3 is 2.74 bits per heavy atom. The second-order valence-electron chi connectivity index (χ2n) is 4.66. The number of nitrogens with zero attached hydrogens (tertiary/aromatic N) is 3. The molecule has 0 aliphatic rings. The third-order valence-electron chi connectivity index (χ3n) is 3.16. The van der Waals surface area contributed by atoms with E-state index < -0.39 is 10.7 Å². The summed E-state index contributed by atoms with van der Waals surface area (Å²) in [5.41, 5.74) is 0.998. The summed E-state index contributed by atoms with van der Waals surface area (Å²) in [7, 11) is 2.31. The third-order valence-corrected chi connectivity index (χ3v) is 3.91. The average Bonchev–Trinajstić information content (AvgIpc) is 2.50. The number of aromatic nitrogens is 2. The Morgan fingerprint density at radius 1 is 1.26 bits per heavy atom. The van der Waals surface area contributed by atoms with E-state index in [0.717, 1.165) is 0 Å². The second kappa shape index (κ2) is 6.02. The van der Waals surface area contributed by atoms with Gasteiger partial charge in [-0.2, -0.15) is 0 Å². The number of hydrogen-bond acceptors (Lipinski definition) is 5.